The molecule has 0 fully saturated rings. The van der Waals surface area contributed by atoms with Crippen molar-refractivity contribution in [2.24, 2.45) is 0 Å². The summed E-state index contributed by atoms with van der Waals surface area (Å²) >= 11 is 1.71. The van der Waals surface area contributed by atoms with Gasteiger partial charge in [-0.05, 0) is 17.7 Å². The van der Waals surface area contributed by atoms with Crippen molar-refractivity contribution in [2.45, 2.75) is 0 Å². The number of hydrogen-bond acceptors (Lipinski definition) is 6. The predicted octanol–water partition coefficient (Wildman–Crippen LogP) is 10.7. The number of furan rings is 1. The molecule has 0 radical (unpaired) electrons. The molecule has 0 aliphatic heterocycles. The van der Waals surface area contributed by atoms with Crippen LogP contribution in [0, 0.1) is 0 Å². The summed E-state index contributed by atoms with van der Waals surface area (Å²) in [6.07, 6.45) is 0. The molecule has 0 unspecified atom stereocenters. The van der Waals surface area contributed by atoms with Gasteiger partial charge in [0.1, 0.15) is 16.2 Å². The van der Waals surface area contributed by atoms with Crippen LogP contribution in [0.4, 0.5) is 0 Å². The van der Waals surface area contributed by atoms with Gasteiger partial charge in [0, 0.05) is 44.7 Å². The summed E-state index contributed by atoms with van der Waals surface area (Å²) in [5.74, 6) is 1.88. The number of rotatable bonds is 5. The Morgan fingerprint density at radius 3 is 1.65 bits per heavy atom. The number of thiazole rings is 1. The van der Waals surface area contributed by atoms with Crippen molar-refractivity contribution in [1.82, 2.24) is 19.9 Å². The molecular weight excluding hydrogens is 585 g/mol. The lowest BCUT2D eigenvalue weighted by Gasteiger charge is -2.10. The lowest BCUT2D eigenvalue weighted by Crippen LogP contribution is -2.00. The van der Waals surface area contributed by atoms with Crippen molar-refractivity contribution >= 4 is 43.5 Å². The lowest BCUT2D eigenvalue weighted by atomic mass is 9.97. The molecule has 5 nitrogen and oxygen atoms in total. The highest BCUT2D eigenvalue weighted by atomic mass is 32.1. The van der Waals surface area contributed by atoms with Crippen molar-refractivity contribution < 1.29 is 4.42 Å². The molecule has 6 heteroatoms. The Kier molecular flexibility index (Phi) is 6.25. The van der Waals surface area contributed by atoms with Gasteiger partial charge in [0.05, 0.1) is 10.2 Å². The number of aromatic nitrogens is 4. The van der Waals surface area contributed by atoms with E-state index in [1.165, 1.54) is 0 Å². The molecule has 0 spiro atoms. The Hall–Kier alpha value is -5.98. The van der Waals surface area contributed by atoms with E-state index in [4.69, 9.17) is 24.4 Å². The van der Waals surface area contributed by atoms with Gasteiger partial charge < -0.3 is 4.42 Å². The molecule has 0 aliphatic rings. The van der Waals surface area contributed by atoms with Crippen LogP contribution in [0.25, 0.3) is 88.0 Å². The molecule has 3 heterocycles. The van der Waals surface area contributed by atoms with Gasteiger partial charge in [-0.2, -0.15) is 0 Å². The molecule has 0 N–H and O–H groups in total. The first-order valence-corrected chi connectivity index (χ1v) is 15.9. The van der Waals surface area contributed by atoms with Gasteiger partial charge in [0.25, 0.3) is 0 Å². The molecule has 0 bridgehead atoms. The van der Waals surface area contributed by atoms with Crippen LogP contribution < -0.4 is 0 Å². The third-order valence-corrected chi connectivity index (χ3v) is 9.29. The maximum absolute atomic E-state index is 6.41. The van der Waals surface area contributed by atoms with Crippen LogP contribution >= 0.6 is 11.3 Å². The standard InChI is InChI=1S/C40H24N4OS/c1-4-13-25(14-5-1)37-42-38(26-15-6-2-7-16-26)44-39(43-37)29-20-12-19-28(23-29)34-35-30-21-10-11-22-32(30)45-33(35)24-31-36(34)46-40(41-31)27-17-8-3-9-18-27/h1-24H. The van der Waals surface area contributed by atoms with Gasteiger partial charge in [-0.1, -0.05) is 127 Å². The third kappa shape index (κ3) is 4.55. The minimum Gasteiger partial charge on any atom is -0.456 e. The van der Waals surface area contributed by atoms with Crippen LogP contribution in [0.2, 0.25) is 0 Å². The summed E-state index contributed by atoms with van der Waals surface area (Å²) in [5, 5.41) is 3.13. The van der Waals surface area contributed by atoms with E-state index >= 15 is 0 Å². The van der Waals surface area contributed by atoms with E-state index in [2.05, 4.69) is 54.6 Å². The van der Waals surface area contributed by atoms with Crippen LogP contribution in [-0.4, -0.2) is 19.9 Å². The van der Waals surface area contributed by atoms with E-state index in [1.54, 1.807) is 11.3 Å². The van der Waals surface area contributed by atoms with Crippen molar-refractivity contribution in [3.8, 4) is 55.9 Å². The Labute approximate surface area is 268 Å². The molecule has 0 atom stereocenters. The highest BCUT2D eigenvalue weighted by Gasteiger charge is 2.21. The van der Waals surface area contributed by atoms with E-state index in [0.717, 1.165) is 70.5 Å². The van der Waals surface area contributed by atoms with Gasteiger partial charge >= 0.3 is 0 Å². The fourth-order valence-electron chi connectivity index (χ4n) is 6.00. The quantitative estimate of drug-likeness (QED) is 0.194. The van der Waals surface area contributed by atoms with E-state index in [0.29, 0.717) is 17.5 Å². The summed E-state index contributed by atoms with van der Waals surface area (Å²) in [7, 11) is 0. The van der Waals surface area contributed by atoms with E-state index in [-0.39, 0.29) is 0 Å². The minimum atomic E-state index is 0.615. The fraction of sp³-hybridized carbons (Fsp3) is 0. The molecule has 6 aromatic carbocycles. The summed E-state index contributed by atoms with van der Waals surface area (Å²) in [6, 6.07) is 49.2. The number of fused-ring (bicyclic) bond motifs is 4. The zero-order valence-electron chi connectivity index (χ0n) is 24.5. The zero-order valence-corrected chi connectivity index (χ0v) is 25.3. The molecule has 46 heavy (non-hydrogen) atoms. The number of para-hydroxylation sites is 1. The van der Waals surface area contributed by atoms with Gasteiger partial charge in [-0.25, -0.2) is 19.9 Å². The van der Waals surface area contributed by atoms with Crippen molar-refractivity contribution in [3.05, 3.63) is 146 Å². The maximum Gasteiger partial charge on any atom is 0.164 e. The van der Waals surface area contributed by atoms with Gasteiger partial charge in [-0.15, -0.1) is 11.3 Å². The lowest BCUT2D eigenvalue weighted by molar-refractivity contribution is 0.669. The smallest absolute Gasteiger partial charge is 0.164 e. The average molecular weight is 609 g/mol. The van der Waals surface area contributed by atoms with Crippen LogP contribution in [0.5, 0.6) is 0 Å². The van der Waals surface area contributed by atoms with Crippen molar-refractivity contribution in [2.75, 3.05) is 0 Å². The van der Waals surface area contributed by atoms with Crippen molar-refractivity contribution in [3.63, 3.8) is 0 Å². The molecular formula is C40H24N4OS. The summed E-state index contributed by atoms with van der Waals surface area (Å²) < 4.78 is 7.53. The molecule has 9 aromatic rings. The normalized spacial score (nSPS) is 11.5. The van der Waals surface area contributed by atoms with Crippen LogP contribution in [0.15, 0.2) is 150 Å². The summed E-state index contributed by atoms with van der Waals surface area (Å²) in [6.45, 7) is 0. The molecule has 0 saturated heterocycles. The predicted molar refractivity (Wildman–Crippen MR) is 187 cm³/mol. The van der Waals surface area contributed by atoms with Crippen LogP contribution in [0.1, 0.15) is 0 Å². The van der Waals surface area contributed by atoms with E-state index in [9.17, 15) is 0 Å². The van der Waals surface area contributed by atoms with Crippen LogP contribution in [0.3, 0.4) is 0 Å². The monoisotopic (exact) mass is 608 g/mol. The molecule has 216 valence electrons. The molecule has 9 rings (SSSR count). The van der Waals surface area contributed by atoms with Crippen molar-refractivity contribution in [1.29, 1.82) is 0 Å². The third-order valence-electron chi connectivity index (χ3n) is 8.15. The number of hydrogen-bond donors (Lipinski definition) is 0. The average Bonchev–Trinajstić information content (AvgIpc) is 3.73. The second-order valence-corrected chi connectivity index (χ2v) is 12.1. The maximum atomic E-state index is 6.41. The zero-order chi connectivity index (χ0) is 30.5. The number of nitrogens with zero attached hydrogens (tertiary/aromatic N) is 4. The number of benzene rings is 6. The van der Waals surface area contributed by atoms with E-state index in [1.807, 2.05) is 91.0 Å². The Balaban J connectivity index is 1.29. The molecule has 3 aromatic heterocycles. The topological polar surface area (TPSA) is 64.7 Å². The Morgan fingerprint density at radius 1 is 0.435 bits per heavy atom. The highest BCUT2D eigenvalue weighted by Crippen LogP contribution is 2.45. The molecule has 0 saturated carbocycles. The molecule has 0 aliphatic carbocycles. The highest BCUT2D eigenvalue weighted by molar-refractivity contribution is 7.22. The Bertz CT molecular complexity index is 2470. The summed E-state index contributed by atoms with van der Waals surface area (Å²) in [4.78, 5) is 19.9. The van der Waals surface area contributed by atoms with Gasteiger partial charge in [0.15, 0.2) is 17.5 Å². The second kappa shape index (κ2) is 10.9. The first-order valence-electron chi connectivity index (χ1n) is 15.1. The van der Waals surface area contributed by atoms with Gasteiger partial charge in [0.2, 0.25) is 0 Å². The summed E-state index contributed by atoms with van der Waals surface area (Å²) in [5.41, 5.74) is 8.60. The minimum absolute atomic E-state index is 0.615. The van der Waals surface area contributed by atoms with Crippen LogP contribution in [-0.2, 0) is 0 Å². The van der Waals surface area contributed by atoms with Gasteiger partial charge in [-0.3, -0.25) is 0 Å². The largest absolute Gasteiger partial charge is 0.456 e. The Morgan fingerprint density at radius 2 is 0.978 bits per heavy atom. The fourth-order valence-corrected chi connectivity index (χ4v) is 7.12. The first-order chi connectivity index (χ1) is 22.8. The molecule has 0 amide bonds. The SMILES string of the molecule is c1ccc(-c2nc(-c3ccccc3)nc(-c3cccc(-c4c5sc(-c6ccccc6)nc5cc5oc6ccccc6c45)c3)n2)cc1. The first kappa shape index (κ1) is 26.4. The van der Waals surface area contributed by atoms with E-state index < -0.39 is 0 Å². The second-order valence-electron chi connectivity index (χ2n) is 11.1.